The van der Waals surface area contributed by atoms with Gasteiger partial charge in [0.25, 0.3) is 0 Å². The average Bonchev–Trinajstić information content (AvgIpc) is 2.85. The molecule has 0 aromatic carbocycles. The third kappa shape index (κ3) is 4.29. The average molecular weight is 257 g/mol. The zero-order valence-electron chi connectivity index (χ0n) is 11.1. The summed E-state index contributed by atoms with van der Waals surface area (Å²) in [7, 11) is 0. The molecule has 0 radical (unpaired) electrons. The first-order valence-corrected chi connectivity index (χ1v) is 6.77. The van der Waals surface area contributed by atoms with Crippen LogP contribution in [0.5, 0.6) is 0 Å². The zero-order valence-corrected chi connectivity index (χ0v) is 11.1. The molecule has 1 amide bonds. The molecule has 0 aliphatic heterocycles. The SMILES string of the molecule is CCC(NC(=O)C(CC)OC1CCCC1)C(=O)O. The molecule has 1 aliphatic carbocycles. The molecular formula is C13H23NO4. The van der Waals surface area contributed by atoms with Gasteiger partial charge < -0.3 is 15.2 Å². The summed E-state index contributed by atoms with van der Waals surface area (Å²) in [6, 6.07) is -0.821. The molecule has 104 valence electrons. The van der Waals surface area contributed by atoms with Crippen LogP contribution in [0.3, 0.4) is 0 Å². The van der Waals surface area contributed by atoms with Crippen molar-refractivity contribution in [1.82, 2.24) is 5.32 Å². The van der Waals surface area contributed by atoms with E-state index in [4.69, 9.17) is 9.84 Å². The number of aliphatic carboxylic acids is 1. The Morgan fingerprint density at radius 1 is 1.28 bits per heavy atom. The van der Waals surface area contributed by atoms with Crippen molar-refractivity contribution >= 4 is 11.9 Å². The quantitative estimate of drug-likeness (QED) is 0.728. The fourth-order valence-electron chi connectivity index (χ4n) is 2.20. The van der Waals surface area contributed by atoms with Crippen molar-refractivity contribution in [2.75, 3.05) is 0 Å². The zero-order chi connectivity index (χ0) is 13.5. The van der Waals surface area contributed by atoms with Gasteiger partial charge in [0.05, 0.1) is 6.10 Å². The highest BCUT2D eigenvalue weighted by Crippen LogP contribution is 2.23. The number of carbonyl (C=O) groups excluding carboxylic acids is 1. The fraction of sp³-hybridized carbons (Fsp3) is 0.846. The maximum absolute atomic E-state index is 11.9. The smallest absolute Gasteiger partial charge is 0.326 e. The first-order valence-electron chi connectivity index (χ1n) is 6.77. The lowest BCUT2D eigenvalue weighted by Gasteiger charge is -2.22. The Balaban J connectivity index is 2.47. The molecule has 2 unspecified atom stereocenters. The van der Waals surface area contributed by atoms with Crippen LogP contribution in [-0.4, -0.2) is 35.2 Å². The highest BCUT2D eigenvalue weighted by atomic mass is 16.5. The third-order valence-corrected chi connectivity index (χ3v) is 3.34. The van der Waals surface area contributed by atoms with Gasteiger partial charge in [-0.1, -0.05) is 26.7 Å². The highest BCUT2D eigenvalue weighted by molar-refractivity contribution is 5.86. The second-order valence-corrected chi connectivity index (χ2v) is 4.75. The molecule has 1 rings (SSSR count). The Hall–Kier alpha value is -1.10. The summed E-state index contributed by atoms with van der Waals surface area (Å²) in [5, 5.41) is 11.4. The van der Waals surface area contributed by atoms with Crippen molar-refractivity contribution in [3.63, 3.8) is 0 Å². The number of nitrogens with one attached hydrogen (secondary N) is 1. The van der Waals surface area contributed by atoms with E-state index in [2.05, 4.69) is 5.32 Å². The summed E-state index contributed by atoms with van der Waals surface area (Å²) in [5.74, 6) is -1.31. The van der Waals surface area contributed by atoms with Crippen LogP contribution >= 0.6 is 0 Å². The van der Waals surface area contributed by atoms with E-state index in [1.165, 1.54) is 0 Å². The number of carboxylic acid groups (broad SMARTS) is 1. The molecule has 0 aromatic heterocycles. The van der Waals surface area contributed by atoms with Crippen LogP contribution in [-0.2, 0) is 14.3 Å². The first kappa shape index (κ1) is 15.0. The molecule has 2 N–H and O–H groups in total. The standard InChI is InChI=1S/C13H23NO4/c1-3-10(13(16)17)14-12(15)11(4-2)18-9-7-5-6-8-9/h9-11H,3-8H2,1-2H3,(H,14,15)(H,16,17). The summed E-state index contributed by atoms with van der Waals surface area (Å²) >= 11 is 0. The van der Waals surface area contributed by atoms with Crippen molar-refractivity contribution in [1.29, 1.82) is 0 Å². The second-order valence-electron chi connectivity index (χ2n) is 4.75. The van der Waals surface area contributed by atoms with E-state index in [-0.39, 0.29) is 12.0 Å². The van der Waals surface area contributed by atoms with E-state index < -0.39 is 18.1 Å². The van der Waals surface area contributed by atoms with Gasteiger partial charge in [-0.3, -0.25) is 4.79 Å². The van der Waals surface area contributed by atoms with Gasteiger partial charge in [0.15, 0.2) is 0 Å². The molecule has 0 heterocycles. The molecule has 1 fully saturated rings. The van der Waals surface area contributed by atoms with Crippen LogP contribution in [0.4, 0.5) is 0 Å². The lowest BCUT2D eigenvalue weighted by Crippen LogP contribution is -2.46. The Morgan fingerprint density at radius 3 is 2.33 bits per heavy atom. The van der Waals surface area contributed by atoms with Crippen LogP contribution in [0, 0.1) is 0 Å². The topological polar surface area (TPSA) is 75.6 Å². The van der Waals surface area contributed by atoms with Gasteiger partial charge in [-0.15, -0.1) is 0 Å². The number of hydrogen-bond acceptors (Lipinski definition) is 3. The van der Waals surface area contributed by atoms with Crippen LogP contribution in [0.2, 0.25) is 0 Å². The summed E-state index contributed by atoms with van der Waals surface area (Å²) in [5.41, 5.74) is 0. The largest absolute Gasteiger partial charge is 0.480 e. The van der Waals surface area contributed by atoms with Crippen LogP contribution in [0.15, 0.2) is 0 Å². The molecule has 0 bridgehead atoms. The molecule has 5 nitrogen and oxygen atoms in total. The van der Waals surface area contributed by atoms with Crippen molar-refractivity contribution in [2.24, 2.45) is 0 Å². The molecule has 18 heavy (non-hydrogen) atoms. The van der Waals surface area contributed by atoms with Crippen LogP contribution in [0.25, 0.3) is 0 Å². The van der Waals surface area contributed by atoms with E-state index >= 15 is 0 Å². The Morgan fingerprint density at radius 2 is 1.89 bits per heavy atom. The molecule has 1 saturated carbocycles. The van der Waals surface area contributed by atoms with E-state index in [1.54, 1.807) is 6.92 Å². The molecule has 0 spiro atoms. The highest BCUT2D eigenvalue weighted by Gasteiger charge is 2.27. The molecule has 2 atom stereocenters. The lowest BCUT2D eigenvalue weighted by atomic mass is 10.2. The van der Waals surface area contributed by atoms with Gasteiger partial charge in [0.1, 0.15) is 12.1 Å². The van der Waals surface area contributed by atoms with Crippen molar-refractivity contribution in [2.45, 2.75) is 70.6 Å². The maximum Gasteiger partial charge on any atom is 0.326 e. The van der Waals surface area contributed by atoms with Gasteiger partial charge in [-0.25, -0.2) is 4.79 Å². The number of amides is 1. The molecule has 0 aromatic rings. The van der Waals surface area contributed by atoms with Crippen molar-refractivity contribution in [3.05, 3.63) is 0 Å². The first-order chi connectivity index (χ1) is 8.58. The second kappa shape index (κ2) is 7.36. The minimum atomic E-state index is -0.999. The van der Waals surface area contributed by atoms with Gasteiger partial charge in [0.2, 0.25) is 5.91 Å². The Kier molecular flexibility index (Phi) is 6.12. The molecular weight excluding hydrogens is 234 g/mol. The number of hydrogen-bond donors (Lipinski definition) is 2. The monoisotopic (exact) mass is 257 g/mol. The minimum Gasteiger partial charge on any atom is -0.480 e. The number of carboxylic acids is 1. The Labute approximate surface area is 108 Å². The number of ether oxygens (including phenoxy) is 1. The molecule has 5 heteroatoms. The lowest BCUT2D eigenvalue weighted by molar-refractivity contribution is -0.146. The summed E-state index contributed by atoms with van der Waals surface area (Å²) in [4.78, 5) is 22.8. The number of rotatable bonds is 7. The Bertz CT molecular complexity index is 287. The maximum atomic E-state index is 11.9. The van der Waals surface area contributed by atoms with Gasteiger partial charge in [0, 0.05) is 0 Å². The molecule has 0 saturated heterocycles. The van der Waals surface area contributed by atoms with E-state index in [1.807, 2.05) is 6.92 Å². The predicted molar refractivity (Wildman–Crippen MR) is 67.3 cm³/mol. The van der Waals surface area contributed by atoms with Crippen LogP contribution in [0.1, 0.15) is 52.4 Å². The van der Waals surface area contributed by atoms with Crippen molar-refractivity contribution < 1.29 is 19.4 Å². The van der Waals surface area contributed by atoms with E-state index in [0.717, 1.165) is 25.7 Å². The predicted octanol–water partition coefficient (Wildman–Crippen LogP) is 1.70. The third-order valence-electron chi connectivity index (χ3n) is 3.34. The van der Waals surface area contributed by atoms with Gasteiger partial charge in [-0.2, -0.15) is 0 Å². The van der Waals surface area contributed by atoms with Gasteiger partial charge in [-0.05, 0) is 25.7 Å². The minimum absolute atomic E-state index is 0.158. The normalized spacial score (nSPS) is 19.4. The van der Waals surface area contributed by atoms with Gasteiger partial charge >= 0.3 is 5.97 Å². The summed E-state index contributed by atoms with van der Waals surface area (Å²) in [6.07, 6.45) is 4.87. The van der Waals surface area contributed by atoms with E-state index in [9.17, 15) is 9.59 Å². The molecule has 1 aliphatic rings. The number of carbonyl (C=O) groups is 2. The summed E-state index contributed by atoms with van der Waals surface area (Å²) < 4.78 is 5.74. The summed E-state index contributed by atoms with van der Waals surface area (Å²) in [6.45, 7) is 3.61. The van der Waals surface area contributed by atoms with Crippen molar-refractivity contribution in [3.8, 4) is 0 Å². The van der Waals surface area contributed by atoms with E-state index in [0.29, 0.717) is 12.8 Å². The van der Waals surface area contributed by atoms with Crippen LogP contribution < -0.4 is 5.32 Å². The fourth-order valence-corrected chi connectivity index (χ4v) is 2.20.